The predicted octanol–water partition coefficient (Wildman–Crippen LogP) is 2.66. The molecule has 6 nitrogen and oxygen atoms in total. The van der Waals surface area contributed by atoms with E-state index in [1.165, 1.54) is 0 Å². The molecule has 2 aromatic carbocycles. The highest BCUT2D eigenvalue weighted by Gasteiger charge is 2.23. The summed E-state index contributed by atoms with van der Waals surface area (Å²) in [6.45, 7) is 2.89. The van der Waals surface area contributed by atoms with Crippen molar-refractivity contribution in [3.8, 4) is 0 Å². The van der Waals surface area contributed by atoms with Crippen molar-refractivity contribution in [1.82, 2.24) is 15.1 Å². The summed E-state index contributed by atoms with van der Waals surface area (Å²) < 4.78 is 0. The molecule has 0 bridgehead atoms. The van der Waals surface area contributed by atoms with Gasteiger partial charge in [0, 0.05) is 45.8 Å². The van der Waals surface area contributed by atoms with Crippen LogP contribution in [0.2, 0.25) is 0 Å². The van der Waals surface area contributed by atoms with Crippen molar-refractivity contribution < 1.29 is 4.79 Å². The van der Waals surface area contributed by atoms with Gasteiger partial charge in [0.1, 0.15) is 0 Å². The lowest BCUT2D eigenvalue weighted by atomic mass is 10.1. The van der Waals surface area contributed by atoms with Crippen molar-refractivity contribution in [3.05, 3.63) is 60.2 Å². The van der Waals surface area contributed by atoms with E-state index in [9.17, 15) is 4.79 Å². The van der Waals surface area contributed by atoms with Gasteiger partial charge in [-0.25, -0.2) is 0 Å². The molecular formula is C21H23N5O. The number of rotatable bonds is 3. The second-order valence-corrected chi connectivity index (χ2v) is 6.99. The van der Waals surface area contributed by atoms with Crippen LogP contribution in [-0.4, -0.2) is 61.3 Å². The number of nitrogens with zero attached hydrogens (tertiary/aromatic N) is 5. The molecule has 0 unspecified atom stereocenters. The van der Waals surface area contributed by atoms with Gasteiger partial charge in [0.05, 0.1) is 0 Å². The first-order valence-corrected chi connectivity index (χ1v) is 9.16. The average Bonchev–Trinajstić information content (AvgIpc) is 2.73. The Labute approximate surface area is 159 Å². The largest absolute Gasteiger partial charge is 0.361 e. The molecular weight excluding hydrogens is 338 g/mol. The number of fused-ring (bicyclic) bond motifs is 1. The molecule has 138 valence electrons. The van der Waals surface area contributed by atoms with Crippen LogP contribution in [0.15, 0.2) is 54.6 Å². The van der Waals surface area contributed by atoms with Gasteiger partial charge in [0.15, 0.2) is 11.6 Å². The molecule has 4 rings (SSSR count). The standard InChI is InChI=1S/C21H23N5O/c1-24(2)19-9-10-20(23-22-19)25-11-13-26(14-12-25)21(27)18-8-7-16-5-3-4-6-17(16)15-18/h3-10,15H,11-14H2,1-2H3. The summed E-state index contributed by atoms with van der Waals surface area (Å²) in [5.41, 5.74) is 0.747. The van der Waals surface area contributed by atoms with Crippen LogP contribution < -0.4 is 9.80 Å². The minimum Gasteiger partial charge on any atom is -0.361 e. The van der Waals surface area contributed by atoms with E-state index in [1.54, 1.807) is 0 Å². The van der Waals surface area contributed by atoms with E-state index in [-0.39, 0.29) is 5.91 Å². The molecule has 1 aliphatic heterocycles. The monoisotopic (exact) mass is 361 g/mol. The Morgan fingerprint density at radius 2 is 1.63 bits per heavy atom. The summed E-state index contributed by atoms with van der Waals surface area (Å²) in [4.78, 5) is 18.9. The molecule has 1 aliphatic rings. The molecule has 0 aliphatic carbocycles. The number of aromatic nitrogens is 2. The minimum absolute atomic E-state index is 0.0921. The number of benzene rings is 2. The third-order valence-corrected chi connectivity index (χ3v) is 4.98. The molecule has 2 heterocycles. The van der Waals surface area contributed by atoms with Gasteiger partial charge >= 0.3 is 0 Å². The molecule has 1 saturated heterocycles. The molecule has 1 fully saturated rings. The first-order chi connectivity index (χ1) is 13.1. The third-order valence-electron chi connectivity index (χ3n) is 4.98. The molecule has 6 heteroatoms. The van der Waals surface area contributed by atoms with Gasteiger partial charge in [-0.3, -0.25) is 4.79 Å². The van der Waals surface area contributed by atoms with Crippen molar-refractivity contribution in [2.24, 2.45) is 0 Å². The first-order valence-electron chi connectivity index (χ1n) is 9.16. The highest BCUT2D eigenvalue weighted by molar-refractivity contribution is 5.98. The molecule has 1 aromatic heterocycles. The summed E-state index contributed by atoms with van der Waals surface area (Å²) >= 11 is 0. The van der Waals surface area contributed by atoms with Crippen molar-refractivity contribution in [2.75, 3.05) is 50.1 Å². The van der Waals surface area contributed by atoms with E-state index >= 15 is 0 Å². The number of amides is 1. The van der Waals surface area contributed by atoms with Gasteiger partial charge in [-0.15, -0.1) is 10.2 Å². The van der Waals surface area contributed by atoms with Crippen LogP contribution in [0.3, 0.4) is 0 Å². The quantitative estimate of drug-likeness (QED) is 0.718. The molecule has 0 saturated carbocycles. The van der Waals surface area contributed by atoms with Crippen molar-refractivity contribution in [2.45, 2.75) is 0 Å². The smallest absolute Gasteiger partial charge is 0.253 e. The summed E-state index contributed by atoms with van der Waals surface area (Å²) in [5.74, 6) is 1.79. The average molecular weight is 361 g/mol. The van der Waals surface area contributed by atoms with E-state index in [0.717, 1.165) is 41.1 Å². The van der Waals surface area contributed by atoms with Gasteiger partial charge < -0.3 is 14.7 Å². The van der Waals surface area contributed by atoms with Crippen LogP contribution in [0.5, 0.6) is 0 Å². The first kappa shape index (κ1) is 17.3. The van der Waals surface area contributed by atoms with Crippen LogP contribution in [0.1, 0.15) is 10.4 Å². The number of anilines is 2. The second-order valence-electron chi connectivity index (χ2n) is 6.99. The summed E-state index contributed by atoms with van der Waals surface area (Å²) in [7, 11) is 3.89. The maximum Gasteiger partial charge on any atom is 0.253 e. The van der Waals surface area contributed by atoms with Gasteiger partial charge in [0.2, 0.25) is 0 Å². The molecule has 0 N–H and O–H groups in total. The van der Waals surface area contributed by atoms with Crippen molar-refractivity contribution in [1.29, 1.82) is 0 Å². The van der Waals surface area contributed by atoms with Crippen LogP contribution >= 0.6 is 0 Å². The Balaban J connectivity index is 1.42. The maximum absolute atomic E-state index is 12.9. The normalized spacial score (nSPS) is 14.4. The van der Waals surface area contributed by atoms with E-state index in [4.69, 9.17) is 0 Å². The van der Waals surface area contributed by atoms with Gasteiger partial charge in [-0.2, -0.15) is 0 Å². The predicted molar refractivity (Wildman–Crippen MR) is 108 cm³/mol. The molecule has 0 atom stereocenters. The van der Waals surface area contributed by atoms with E-state index < -0.39 is 0 Å². The molecule has 1 amide bonds. The number of piperazine rings is 1. The molecule has 0 radical (unpaired) electrons. The molecule has 3 aromatic rings. The van der Waals surface area contributed by atoms with E-state index in [2.05, 4.69) is 21.2 Å². The number of hydrogen-bond donors (Lipinski definition) is 0. The Kier molecular flexibility index (Phi) is 4.62. The Morgan fingerprint density at radius 3 is 2.30 bits per heavy atom. The summed E-state index contributed by atoms with van der Waals surface area (Å²) in [5, 5.41) is 10.8. The number of carbonyl (C=O) groups excluding carboxylic acids is 1. The number of carbonyl (C=O) groups is 1. The van der Waals surface area contributed by atoms with Crippen LogP contribution in [-0.2, 0) is 0 Å². The second kappa shape index (κ2) is 7.23. The fraction of sp³-hybridized carbons (Fsp3) is 0.286. The van der Waals surface area contributed by atoms with E-state index in [1.807, 2.05) is 72.4 Å². The summed E-state index contributed by atoms with van der Waals surface area (Å²) in [6, 6.07) is 18.0. The van der Waals surface area contributed by atoms with Gasteiger partial charge in [0.25, 0.3) is 5.91 Å². The Morgan fingerprint density at radius 1 is 0.889 bits per heavy atom. The Hall–Kier alpha value is -3.15. The molecule has 27 heavy (non-hydrogen) atoms. The summed E-state index contributed by atoms with van der Waals surface area (Å²) in [6.07, 6.45) is 0. The van der Waals surface area contributed by atoms with E-state index in [0.29, 0.717) is 13.1 Å². The third kappa shape index (κ3) is 3.56. The van der Waals surface area contributed by atoms with Crippen LogP contribution in [0.25, 0.3) is 10.8 Å². The number of hydrogen-bond acceptors (Lipinski definition) is 5. The van der Waals surface area contributed by atoms with Crippen molar-refractivity contribution >= 4 is 28.3 Å². The topological polar surface area (TPSA) is 52.6 Å². The zero-order valence-corrected chi connectivity index (χ0v) is 15.7. The zero-order chi connectivity index (χ0) is 18.8. The fourth-order valence-corrected chi connectivity index (χ4v) is 3.37. The minimum atomic E-state index is 0.0921. The molecule has 0 spiro atoms. The van der Waals surface area contributed by atoms with Crippen LogP contribution in [0, 0.1) is 0 Å². The fourth-order valence-electron chi connectivity index (χ4n) is 3.37. The van der Waals surface area contributed by atoms with Crippen molar-refractivity contribution in [3.63, 3.8) is 0 Å². The maximum atomic E-state index is 12.9. The van der Waals surface area contributed by atoms with Gasteiger partial charge in [-0.05, 0) is 35.0 Å². The lowest BCUT2D eigenvalue weighted by Crippen LogP contribution is -2.49. The highest BCUT2D eigenvalue weighted by Crippen LogP contribution is 2.19. The highest BCUT2D eigenvalue weighted by atomic mass is 16.2. The SMILES string of the molecule is CN(C)c1ccc(N2CCN(C(=O)c3ccc4ccccc4c3)CC2)nn1. The Bertz CT molecular complexity index is 946. The van der Waals surface area contributed by atoms with Crippen LogP contribution in [0.4, 0.5) is 11.6 Å². The van der Waals surface area contributed by atoms with Gasteiger partial charge in [-0.1, -0.05) is 30.3 Å². The zero-order valence-electron chi connectivity index (χ0n) is 15.7. The lowest BCUT2D eigenvalue weighted by Gasteiger charge is -2.35. The lowest BCUT2D eigenvalue weighted by molar-refractivity contribution is 0.0746.